The molecule has 0 aliphatic heterocycles. The van der Waals surface area contributed by atoms with E-state index in [4.69, 9.17) is 28.4 Å². The number of hydrogen-bond acceptors (Lipinski definition) is 9. The Morgan fingerprint density at radius 1 is 0.732 bits per heavy atom. The largest absolute Gasteiger partial charge is 0.460 e. The molecule has 2 aromatic rings. The molecule has 41 heavy (non-hydrogen) atoms. The number of hydrogen-bond donors (Lipinski definition) is 1. The summed E-state index contributed by atoms with van der Waals surface area (Å²) in [5.74, 6) is -0.937. The van der Waals surface area contributed by atoms with Gasteiger partial charge in [-0.05, 0) is 51.1 Å². The molecule has 0 spiro atoms. The summed E-state index contributed by atoms with van der Waals surface area (Å²) in [5.41, 5.74) is -0.610. The minimum atomic E-state index is -4.48. The second-order valence-corrected chi connectivity index (χ2v) is 9.67. The van der Waals surface area contributed by atoms with Crippen LogP contribution in [0.25, 0.3) is 0 Å². The molecule has 0 atom stereocenters. The lowest BCUT2D eigenvalue weighted by Crippen LogP contribution is -2.24. The Morgan fingerprint density at radius 3 is 1.88 bits per heavy atom. The van der Waals surface area contributed by atoms with Crippen LogP contribution in [-0.4, -0.2) is 77.0 Å². The van der Waals surface area contributed by atoms with Gasteiger partial charge in [0.2, 0.25) is 0 Å². The third-order valence-corrected chi connectivity index (χ3v) is 5.06. The fourth-order valence-corrected chi connectivity index (χ4v) is 3.28. The highest BCUT2D eigenvalue weighted by atomic mass is 19.4. The Labute approximate surface area is 238 Å². The maximum absolute atomic E-state index is 13.0. The summed E-state index contributed by atoms with van der Waals surface area (Å²) in [6.07, 6.45) is -4.29. The monoisotopic (exact) mass is 585 g/mol. The van der Waals surface area contributed by atoms with E-state index in [-0.39, 0.29) is 43.5 Å². The minimum Gasteiger partial charge on any atom is -0.460 e. The molecule has 0 heterocycles. The summed E-state index contributed by atoms with van der Waals surface area (Å²) >= 11 is 0. The lowest BCUT2D eigenvalue weighted by atomic mass is 10.1. The molecule has 2 aromatic carbocycles. The van der Waals surface area contributed by atoms with Gasteiger partial charge in [0.15, 0.2) is 0 Å². The average Bonchev–Trinajstić information content (AvgIpc) is 2.89. The zero-order chi connectivity index (χ0) is 30.1. The van der Waals surface area contributed by atoms with Crippen molar-refractivity contribution in [3.05, 3.63) is 59.7 Å². The Hall–Kier alpha value is -3.19. The van der Waals surface area contributed by atoms with Gasteiger partial charge in [-0.2, -0.15) is 13.2 Å². The van der Waals surface area contributed by atoms with Crippen LogP contribution < -0.4 is 5.32 Å². The number of alkyl halides is 3. The summed E-state index contributed by atoms with van der Waals surface area (Å²) in [5, 5.41) is 2.85. The van der Waals surface area contributed by atoms with Crippen LogP contribution in [0.3, 0.4) is 0 Å². The van der Waals surface area contributed by atoms with Gasteiger partial charge >= 0.3 is 18.1 Å². The zero-order valence-corrected chi connectivity index (χ0v) is 23.6. The molecule has 0 saturated carbocycles. The molecule has 0 radical (unpaired) electrons. The molecule has 12 heteroatoms. The third kappa shape index (κ3) is 14.8. The number of rotatable bonds is 18. The third-order valence-electron chi connectivity index (χ3n) is 5.06. The fraction of sp³-hybridized carbons (Fsp3) is 0.517. The number of carbonyl (C=O) groups excluding carboxylic acids is 2. The smallest absolute Gasteiger partial charge is 0.416 e. The molecule has 0 fully saturated rings. The molecule has 0 aliphatic rings. The van der Waals surface area contributed by atoms with Gasteiger partial charge in [0.25, 0.3) is 0 Å². The van der Waals surface area contributed by atoms with Gasteiger partial charge in [-0.3, -0.25) is 4.79 Å². The zero-order valence-electron chi connectivity index (χ0n) is 23.6. The van der Waals surface area contributed by atoms with Gasteiger partial charge in [0, 0.05) is 5.69 Å². The number of benzene rings is 2. The van der Waals surface area contributed by atoms with Crippen molar-refractivity contribution in [1.82, 2.24) is 0 Å². The number of halogens is 3. The summed E-state index contributed by atoms with van der Waals surface area (Å²) in [4.78, 5) is 24.1. The van der Waals surface area contributed by atoms with Gasteiger partial charge in [-0.15, -0.1) is 0 Å². The first-order valence-corrected chi connectivity index (χ1v) is 13.2. The van der Waals surface area contributed by atoms with Crippen molar-refractivity contribution in [2.24, 2.45) is 0 Å². The van der Waals surface area contributed by atoms with Crippen LogP contribution in [0.5, 0.6) is 0 Å². The van der Waals surface area contributed by atoms with Crippen molar-refractivity contribution in [3.8, 4) is 0 Å². The average molecular weight is 586 g/mol. The maximum atomic E-state index is 13.0. The number of anilines is 2. The quantitative estimate of drug-likeness (QED) is 0.182. The van der Waals surface area contributed by atoms with E-state index in [2.05, 4.69) is 5.32 Å². The van der Waals surface area contributed by atoms with Gasteiger partial charge in [0.05, 0.1) is 76.1 Å². The van der Waals surface area contributed by atoms with Crippen molar-refractivity contribution in [2.75, 3.05) is 64.8 Å². The number of esters is 2. The highest BCUT2D eigenvalue weighted by molar-refractivity contribution is 5.96. The van der Waals surface area contributed by atoms with Crippen molar-refractivity contribution in [3.63, 3.8) is 0 Å². The normalized spacial score (nSPS) is 11.8. The van der Waals surface area contributed by atoms with Gasteiger partial charge in [0.1, 0.15) is 12.2 Å². The first kappa shape index (κ1) is 34.0. The topological polar surface area (TPSA) is 102 Å². The molecular formula is C29H38F3NO8. The van der Waals surface area contributed by atoms with Crippen molar-refractivity contribution < 1.29 is 51.2 Å². The predicted octanol–water partition coefficient (Wildman–Crippen LogP) is 5.40. The Kier molecular flexibility index (Phi) is 14.6. The number of ether oxygens (including phenoxy) is 6. The number of para-hydroxylation sites is 1. The first-order valence-electron chi connectivity index (χ1n) is 13.2. The molecule has 228 valence electrons. The lowest BCUT2D eigenvalue weighted by Gasteiger charge is -2.19. The molecular weight excluding hydrogens is 547 g/mol. The lowest BCUT2D eigenvalue weighted by molar-refractivity contribution is -0.156. The second-order valence-electron chi connectivity index (χ2n) is 9.67. The molecule has 1 N–H and O–H groups in total. The minimum absolute atomic E-state index is 0.00619. The molecule has 0 unspecified atom stereocenters. The van der Waals surface area contributed by atoms with E-state index in [1.54, 1.807) is 18.2 Å². The summed E-state index contributed by atoms with van der Waals surface area (Å²) in [7, 11) is 0. The number of nitrogens with one attached hydrogen (secondary N) is 1. The van der Waals surface area contributed by atoms with Crippen molar-refractivity contribution in [2.45, 2.75) is 39.0 Å². The van der Waals surface area contributed by atoms with Gasteiger partial charge in [-0.25, -0.2) is 4.79 Å². The fourth-order valence-electron chi connectivity index (χ4n) is 3.28. The van der Waals surface area contributed by atoms with E-state index < -0.39 is 23.3 Å². The Morgan fingerprint density at radius 2 is 1.29 bits per heavy atom. The molecule has 2 rings (SSSR count). The molecule has 0 bridgehead atoms. The predicted molar refractivity (Wildman–Crippen MR) is 145 cm³/mol. The number of carbonyl (C=O) groups is 2. The summed E-state index contributed by atoms with van der Waals surface area (Å²) in [6, 6.07) is 11.1. The first-order chi connectivity index (χ1) is 19.5. The van der Waals surface area contributed by atoms with E-state index in [0.29, 0.717) is 45.3 Å². The molecule has 9 nitrogen and oxygen atoms in total. The van der Waals surface area contributed by atoms with Crippen LogP contribution >= 0.6 is 0 Å². The Bertz CT molecular complexity index is 1070. The van der Waals surface area contributed by atoms with Crippen molar-refractivity contribution >= 4 is 23.3 Å². The van der Waals surface area contributed by atoms with E-state index in [1.807, 2.05) is 20.8 Å². The van der Waals surface area contributed by atoms with E-state index in [9.17, 15) is 22.8 Å². The van der Waals surface area contributed by atoms with Crippen LogP contribution in [0.15, 0.2) is 48.5 Å². The van der Waals surface area contributed by atoms with Crippen molar-refractivity contribution in [1.29, 1.82) is 0 Å². The molecule has 0 aromatic heterocycles. The molecule has 0 aliphatic carbocycles. The summed E-state index contributed by atoms with van der Waals surface area (Å²) < 4.78 is 70.9. The van der Waals surface area contributed by atoms with Gasteiger partial charge < -0.3 is 33.7 Å². The van der Waals surface area contributed by atoms with Crippen LogP contribution in [0.1, 0.15) is 43.1 Å². The van der Waals surface area contributed by atoms with Crippen LogP contribution in [0.2, 0.25) is 0 Å². The van der Waals surface area contributed by atoms with Crippen LogP contribution in [0, 0.1) is 0 Å². The molecule has 0 amide bonds. The van der Waals surface area contributed by atoms with Crippen LogP contribution in [-0.2, 0) is 39.4 Å². The van der Waals surface area contributed by atoms with E-state index in [0.717, 1.165) is 12.1 Å². The van der Waals surface area contributed by atoms with E-state index in [1.165, 1.54) is 18.2 Å². The van der Waals surface area contributed by atoms with Gasteiger partial charge in [-0.1, -0.05) is 18.2 Å². The summed E-state index contributed by atoms with van der Waals surface area (Å²) in [6.45, 7) is 7.93. The standard InChI is InChI=1S/C29H38F3NO8/c1-28(2,3)41-26(34)11-12-36-13-14-37-15-16-38-17-18-39-19-20-40-27(35)24-9-4-5-10-25(24)33-23-8-6-7-22(21-23)29(30,31)32/h4-10,21,33H,11-20H2,1-3H3. The van der Waals surface area contributed by atoms with E-state index >= 15 is 0 Å². The SMILES string of the molecule is CC(C)(C)OC(=O)CCOCCOCCOCCOCCOC(=O)c1ccccc1Nc1cccc(C(F)(F)F)c1. The molecule has 0 saturated heterocycles. The maximum Gasteiger partial charge on any atom is 0.416 e. The highest BCUT2D eigenvalue weighted by Crippen LogP contribution is 2.32. The second kappa shape index (κ2) is 17.6. The Balaban J connectivity index is 1.52. The van der Waals surface area contributed by atoms with Crippen LogP contribution in [0.4, 0.5) is 24.5 Å². The highest BCUT2D eigenvalue weighted by Gasteiger charge is 2.30.